The lowest BCUT2D eigenvalue weighted by molar-refractivity contribution is 0.297. The maximum Gasteiger partial charge on any atom is 0.346 e. The van der Waals surface area contributed by atoms with Gasteiger partial charge in [-0.15, -0.1) is 0 Å². The maximum atomic E-state index is 12.4. The molecular formula is C21H21NO5. The number of rotatable bonds is 5. The molecule has 0 saturated carbocycles. The fourth-order valence-electron chi connectivity index (χ4n) is 3.13. The third-order valence-corrected chi connectivity index (χ3v) is 4.42. The lowest BCUT2D eigenvalue weighted by Gasteiger charge is -2.10. The number of benzene rings is 2. The topological polar surface area (TPSA) is 70.8 Å². The standard InChI is InChI=1S/C21H21NO5/c1-2-24-17-7-4-3-6-14(17)8-9-20-22-16-13-19-18(25-10-5-11-26-19)12-15(16)21(23)27-20/h3-4,6-7,12-13H,2,5,8-11H2,1H3. The van der Waals surface area contributed by atoms with Gasteiger partial charge in [0.25, 0.3) is 0 Å². The van der Waals surface area contributed by atoms with E-state index in [0.717, 1.165) is 17.7 Å². The number of aromatic nitrogens is 1. The molecule has 0 atom stereocenters. The first-order valence-corrected chi connectivity index (χ1v) is 9.18. The molecule has 1 aliphatic heterocycles. The largest absolute Gasteiger partial charge is 0.494 e. The highest BCUT2D eigenvalue weighted by atomic mass is 16.5. The predicted molar refractivity (Wildman–Crippen MR) is 101 cm³/mol. The van der Waals surface area contributed by atoms with E-state index >= 15 is 0 Å². The van der Waals surface area contributed by atoms with Gasteiger partial charge in [-0.3, -0.25) is 0 Å². The Balaban J connectivity index is 1.62. The Morgan fingerprint density at radius 2 is 1.85 bits per heavy atom. The van der Waals surface area contributed by atoms with Gasteiger partial charge in [-0.2, -0.15) is 0 Å². The minimum absolute atomic E-state index is 0.397. The molecule has 0 bridgehead atoms. The van der Waals surface area contributed by atoms with Gasteiger partial charge in [0, 0.05) is 25.0 Å². The van der Waals surface area contributed by atoms with Crippen LogP contribution in [0.15, 0.2) is 45.6 Å². The highest BCUT2D eigenvalue weighted by Gasteiger charge is 2.16. The van der Waals surface area contributed by atoms with Crippen LogP contribution < -0.4 is 19.8 Å². The fraction of sp³-hybridized carbons (Fsp3) is 0.333. The number of aryl methyl sites for hydroxylation is 2. The van der Waals surface area contributed by atoms with Gasteiger partial charge in [0.05, 0.1) is 30.7 Å². The molecule has 4 rings (SSSR count). The first kappa shape index (κ1) is 17.4. The minimum Gasteiger partial charge on any atom is -0.494 e. The van der Waals surface area contributed by atoms with E-state index in [0.29, 0.717) is 61.0 Å². The molecule has 27 heavy (non-hydrogen) atoms. The van der Waals surface area contributed by atoms with Gasteiger partial charge in [-0.25, -0.2) is 9.78 Å². The second kappa shape index (κ2) is 7.70. The van der Waals surface area contributed by atoms with Gasteiger partial charge < -0.3 is 18.6 Å². The summed E-state index contributed by atoms with van der Waals surface area (Å²) in [6, 6.07) is 11.3. The van der Waals surface area contributed by atoms with E-state index in [1.165, 1.54) is 0 Å². The summed E-state index contributed by atoms with van der Waals surface area (Å²) in [4.78, 5) is 16.9. The van der Waals surface area contributed by atoms with Crippen LogP contribution in [-0.2, 0) is 12.8 Å². The van der Waals surface area contributed by atoms with Crippen molar-refractivity contribution in [3.05, 3.63) is 58.3 Å². The van der Waals surface area contributed by atoms with E-state index in [1.807, 2.05) is 31.2 Å². The number of fused-ring (bicyclic) bond motifs is 2. The zero-order valence-corrected chi connectivity index (χ0v) is 15.2. The summed E-state index contributed by atoms with van der Waals surface area (Å²) in [6.07, 6.45) is 1.98. The molecule has 6 heteroatoms. The van der Waals surface area contributed by atoms with Gasteiger partial charge in [0.1, 0.15) is 5.75 Å². The van der Waals surface area contributed by atoms with E-state index in [1.54, 1.807) is 12.1 Å². The second-order valence-electron chi connectivity index (χ2n) is 6.30. The molecule has 2 aromatic carbocycles. The Bertz CT molecular complexity index is 1010. The molecule has 3 aromatic rings. The molecule has 0 N–H and O–H groups in total. The third-order valence-electron chi connectivity index (χ3n) is 4.42. The summed E-state index contributed by atoms with van der Waals surface area (Å²) in [5, 5.41) is 0.401. The van der Waals surface area contributed by atoms with Crippen LogP contribution in [0.1, 0.15) is 24.8 Å². The molecule has 0 unspecified atom stereocenters. The predicted octanol–water partition coefficient (Wildman–Crippen LogP) is 3.53. The van der Waals surface area contributed by atoms with Gasteiger partial charge in [0.2, 0.25) is 0 Å². The average molecular weight is 367 g/mol. The number of para-hydroxylation sites is 1. The molecule has 0 spiro atoms. The van der Waals surface area contributed by atoms with Crippen molar-refractivity contribution in [2.75, 3.05) is 19.8 Å². The normalized spacial score (nSPS) is 13.4. The Morgan fingerprint density at radius 1 is 1.07 bits per heavy atom. The SMILES string of the molecule is CCOc1ccccc1CCc1nc2cc3c(cc2c(=O)o1)OCCCO3. The number of ether oxygens (including phenoxy) is 3. The highest BCUT2D eigenvalue weighted by molar-refractivity contribution is 5.81. The molecule has 1 aromatic heterocycles. The Hall–Kier alpha value is -3.02. The van der Waals surface area contributed by atoms with Crippen molar-refractivity contribution in [2.45, 2.75) is 26.2 Å². The third kappa shape index (κ3) is 3.74. The molecule has 0 saturated heterocycles. The smallest absolute Gasteiger partial charge is 0.346 e. The van der Waals surface area contributed by atoms with E-state index in [9.17, 15) is 4.79 Å². The lowest BCUT2D eigenvalue weighted by Crippen LogP contribution is -2.07. The minimum atomic E-state index is -0.413. The Morgan fingerprint density at radius 3 is 2.67 bits per heavy atom. The van der Waals surface area contributed by atoms with Crippen molar-refractivity contribution in [3.63, 3.8) is 0 Å². The van der Waals surface area contributed by atoms with E-state index in [-0.39, 0.29) is 0 Å². The van der Waals surface area contributed by atoms with Gasteiger partial charge >= 0.3 is 5.63 Å². The Kier molecular flexibility index (Phi) is 4.96. The van der Waals surface area contributed by atoms with Crippen LogP contribution in [0.5, 0.6) is 17.2 Å². The van der Waals surface area contributed by atoms with E-state index in [2.05, 4.69) is 4.98 Å². The average Bonchev–Trinajstić information content (AvgIpc) is 2.91. The first-order chi connectivity index (χ1) is 13.2. The summed E-state index contributed by atoms with van der Waals surface area (Å²) in [5.74, 6) is 2.42. The number of nitrogens with zero attached hydrogens (tertiary/aromatic N) is 1. The molecule has 0 fully saturated rings. The van der Waals surface area contributed by atoms with Crippen molar-refractivity contribution < 1.29 is 18.6 Å². The van der Waals surface area contributed by atoms with Crippen molar-refractivity contribution in [1.29, 1.82) is 0 Å². The quantitative estimate of drug-likeness (QED) is 0.687. The van der Waals surface area contributed by atoms with Gasteiger partial charge in [-0.1, -0.05) is 18.2 Å². The van der Waals surface area contributed by atoms with Crippen LogP contribution in [-0.4, -0.2) is 24.8 Å². The molecule has 6 nitrogen and oxygen atoms in total. The molecule has 0 radical (unpaired) electrons. The van der Waals surface area contributed by atoms with Gasteiger partial charge in [0.15, 0.2) is 17.4 Å². The second-order valence-corrected chi connectivity index (χ2v) is 6.30. The van der Waals surface area contributed by atoms with Crippen molar-refractivity contribution in [1.82, 2.24) is 4.98 Å². The fourth-order valence-corrected chi connectivity index (χ4v) is 3.13. The molecule has 140 valence electrons. The van der Waals surface area contributed by atoms with Crippen LogP contribution in [0.3, 0.4) is 0 Å². The highest BCUT2D eigenvalue weighted by Crippen LogP contribution is 2.32. The Labute approximate surface area is 156 Å². The van der Waals surface area contributed by atoms with Crippen LogP contribution in [0, 0.1) is 0 Å². The monoisotopic (exact) mass is 367 g/mol. The summed E-state index contributed by atoms with van der Waals surface area (Å²) < 4.78 is 22.4. The molecule has 0 amide bonds. The molecule has 0 aliphatic carbocycles. The van der Waals surface area contributed by atoms with Crippen molar-refractivity contribution in [3.8, 4) is 17.2 Å². The zero-order chi connectivity index (χ0) is 18.6. The van der Waals surface area contributed by atoms with Crippen LogP contribution in [0.25, 0.3) is 10.9 Å². The van der Waals surface area contributed by atoms with Crippen LogP contribution in [0.4, 0.5) is 0 Å². The van der Waals surface area contributed by atoms with Crippen LogP contribution >= 0.6 is 0 Å². The number of hydrogen-bond donors (Lipinski definition) is 0. The van der Waals surface area contributed by atoms with E-state index < -0.39 is 5.63 Å². The summed E-state index contributed by atoms with van der Waals surface area (Å²) in [5.41, 5.74) is 1.20. The maximum absolute atomic E-state index is 12.4. The van der Waals surface area contributed by atoms with Crippen LogP contribution in [0.2, 0.25) is 0 Å². The van der Waals surface area contributed by atoms with Crippen molar-refractivity contribution in [2.24, 2.45) is 0 Å². The summed E-state index contributed by atoms with van der Waals surface area (Å²) in [7, 11) is 0. The summed E-state index contributed by atoms with van der Waals surface area (Å²) >= 11 is 0. The number of hydrogen-bond acceptors (Lipinski definition) is 6. The summed E-state index contributed by atoms with van der Waals surface area (Å²) in [6.45, 7) is 3.71. The molecule has 1 aliphatic rings. The van der Waals surface area contributed by atoms with Crippen molar-refractivity contribution >= 4 is 10.9 Å². The van der Waals surface area contributed by atoms with Gasteiger partial charge in [-0.05, 0) is 25.0 Å². The lowest BCUT2D eigenvalue weighted by atomic mass is 10.1. The first-order valence-electron chi connectivity index (χ1n) is 9.18. The van der Waals surface area contributed by atoms with E-state index in [4.69, 9.17) is 18.6 Å². The zero-order valence-electron chi connectivity index (χ0n) is 15.2. The molecular weight excluding hydrogens is 346 g/mol. The molecule has 2 heterocycles.